The number of hydrogen-bond donors (Lipinski definition) is 0. The Balaban J connectivity index is 0.000000142. The van der Waals surface area contributed by atoms with Crippen molar-refractivity contribution in [2.75, 3.05) is 84.2 Å². The van der Waals surface area contributed by atoms with E-state index in [4.69, 9.17) is 65.7 Å². The van der Waals surface area contributed by atoms with E-state index >= 15 is 0 Å². The Bertz CT molecular complexity index is 6040. The molecule has 0 saturated heterocycles. The van der Waals surface area contributed by atoms with Gasteiger partial charge in [0.05, 0.1) is 94.2 Å². The van der Waals surface area contributed by atoms with Gasteiger partial charge in [0.2, 0.25) is 0 Å². The number of rotatable bonds is 5. The third-order valence-electron chi connectivity index (χ3n) is 22.8. The number of aryl methyl sites for hydroxylation is 10. The maximum absolute atomic E-state index is 7.38. The van der Waals surface area contributed by atoms with Crippen LogP contribution in [0.5, 0.6) is 0 Å². The molecule has 0 amide bonds. The lowest BCUT2D eigenvalue weighted by Gasteiger charge is -2.30. The summed E-state index contributed by atoms with van der Waals surface area (Å²) in [5, 5.41) is 0. The second-order valence-corrected chi connectivity index (χ2v) is 29.7. The Hall–Kier alpha value is -14.9. The Morgan fingerprint density at radius 3 is 0.774 bits per heavy atom. The molecular formula is C95H90N20. The van der Waals surface area contributed by atoms with E-state index in [1.54, 1.807) is 0 Å². The van der Waals surface area contributed by atoms with Gasteiger partial charge in [-0.15, -0.1) is 0 Å². The van der Waals surface area contributed by atoms with Crippen LogP contribution >= 0.6 is 0 Å². The largest absolute Gasteiger partial charge is 0.354 e. The van der Waals surface area contributed by atoms with Gasteiger partial charge >= 0.3 is 0 Å². The fourth-order valence-corrected chi connectivity index (χ4v) is 15.8. The summed E-state index contributed by atoms with van der Waals surface area (Å²) in [5.41, 5.74) is 32.0. The quantitative estimate of drug-likeness (QED) is 0.156. The third kappa shape index (κ3) is 14.7. The SMILES string of the molecule is [C-]#[N+]c1cc2c(cc1[N+]#[C-])N(c1c(C)cccc1C)[C@@H](C)N2C.[C-]#[N+]c1cc2c(cc1[N+]#[C-])N(c1cc(C)c(C)cc1C)[C@@H](C)N2C.[C-]#[N+]c1cc2c(cc1[N+]#[C-])N(c1cc(C)ccc1C)[C@@H](C)N2C.[C-]#[N+]c1cc2c(cc1[N+]#[C-])N(c1ccc(C)cc1C)[C@@H](C)N2C.[C-]#[N+]c1cc2c(cc1[N+]#[C-])N(c1ccccc1C)[C@@H](C)N2C. The molecule has 0 unspecified atom stereocenters. The molecule has 0 spiro atoms. The lowest BCUT2D eigenvalue weighted by atomic mass is 10.0. The number of benzene rings is 10. The summed E-state index contributed by atoms with van der Waals surface area (Å²) >= 11 is 0. The monoisotopic (exact) mass is 1510 g/mol. The van der Waals surface area contributed by atoms with Crippen molar-refractivity contribution in [3.63, 3.8) is 0 Å². The first kappa shape index (κ1) is 81.1. The Kier molecular flexibility index (Phi) is 23.2. The Morgan fingerprint density at radius 1 is 0.200 bits per heavy atom. The van der Waals surface area contributed by atoms with Crippen molar-refractivity contribution in [1.29, 1.82) is 0 Å². The van der Waals surface area contributed by atoms with Crippen LogP contribution in [0.25, 0.3) is 48.5 Å². The summed E-state index contributed by atoms with van der Waals surface area (Å²) in [6, 6.07) is 50.1. The van der Waals surface area contributed by atoms with Gasteiger partial charge in [0, 0.05) is 92.1 Å². The second kappa shape index (κ2) is 33.0. The van der Waals surface area contributed by atoms with Crippen LogP contribution < -0.4 is 49.0 Å². The molecular weight excluding hydrogens is 1420 g/mol. The van der Waals surface area contributed by atoms with Crippen molar-refractivity contribution in [2.45, 2.75) is 135 Å². The molecule has 15 rings (SSSR count). The first-order valence-corrected chi connectivity index (χ1v) is 37.5. The molecule has 115 heavy (non-hydrogen) atoms. The van der Waals surface area contributed by atoms with Crippen LogP contribution in [-0.2, 0) is 0 Å². The molecule has 5 aliphatic rings. The highest BCUT2D eigenvalue weighted by Gasteiger charge is 2.39. The third-order valence-corrected chi connectivity index (χ3v) is 22.8. The molecule has 0 fully saturated rings. The summed E-state index contributed by atoms with van der Waals surface area (Å²) in [5.74, 6) is 0. The molecule has 5 atom stereocenters. The second-order valence-electron chi connectivity index (χ2n) is 29.7. The van der Waals surface area contributed by atoms with Crippen molar-refractivity contribution in [3.8, 4) is 0 Å². The lowest BCUT2D eigenvalue weighted by molar-refractivity contribution is 0.731. The van der Waals surface area contributed by atoms with Gasteiger partial charge in [0.1, 0.15) is 30.8 Å². The van der Waals surface area contributed by atoms with E-state index in [9.17, 15) is 0 Å². The zero-order valence-corrected chi connectivity index (χ0v) is 68.8. The summed E-state index contributed by atoms with van der Waals surface area (Å²) in [7, 11) is 10.1. The van der Waals surface area contributed by atoms with Crippen LogP contribution in [0.1, 0.15) is 90.3 Å². The summed E-state index contributed by atoms with van der Waals surface area (Å²) in [6.07, 6.45) is 0.649. The van der Waals surface area contributed by atoms with E-state index < -0.39 is 0 Å². The number of hydrogen-bond acceptors (Lipinski definition) is 10. The van der Waals surface area contributed by atoms with Crippen LogP contribution in [0, 0.1) is 135 Å². The van der Waals surface area contributed by atoms with Gasteiger partial charge in [0.25, 0.3) is 0 Å². The molecule has 20 heteroatoms. The van der Waals surface area contributed by atoms with Gasteiger partial charge in [-0.05, 0) is 239 Å². The standard InChI is InChI=1S/C20H20N4.3C19H18N4.C18H16N4/c1-12-8-14(3)18(9-13(12)2)24-15(4)23(7)19-10-16(21-5)17(22-6)11-20(19)24;1-12-7-8-17(13(2)9-12)23-14(3)22(6)18-10-15(20-4)16(21-5)11-19(18)23;1-12-7-8-13(2)17(9-12)23-14(3)22(6)18-10-15(20-4)16(21-5)11-19(18)23;1-12-8-7-9-13(2)19(12)23-14(3)22(6)17-10-15(20-4)16(21-5)11-18(17)23;1-12-8-6-7-9-16(12)22-13(2)21(5)17-10-14(19-3)15(20-4)11-18(17)22/h8-11,15H,1-4,7H3;3*7-11,14H,1-3,6H3;6-11,13H,1-2,5H3/t15-;3*14-;13-/m00000/s1. The molecule has 0 aliphatic carbocycles. The summed E-state index contributed by atoms with van der Waals surface area (Å²) in [4.78, 5) is 57.1. The van der Waals surface area contributed by atoms with E-state index in [0.717, 1.165) is 79.6 Å². The molecule has 0 bridgehead atoms. The lowest BCUT2D eigenvalue weighted by Crippen LogP contribution is -2.36. The maximum Gasteiger partial charge on any atom is 0.196 e. The van der Waals surface area contributed by atoms with E-state index in [0.29, 0.717) is 56.9 Å². The molecule has 10 aromatic carbocycles. The van der Waals surface area contributed by atoms with E-state index in [1.807, 2.05) is 108 Å². The zero-order valence-electron chi connectivity index (χ0n) is 68.8. The van der Waals surface area contributed by atoms with Crippen molar-refractivity contribution >= 4 is 142 Å². The smallest absolute Gasteiger partial charge is 0.196 e. The first-order valence-electron chi connectivity index (χ1n) is 37.5. The minimum atomic E-state index is 0.125. The molecule has 10 aromatic rings. The van der Waals surface area contributed by atoms with Crippen LogP contribution in [0.3, 0.4) is 0 Å². The van der Waals surface area contributed by atoms with Gasteiger partial charge < -0.3 is 49.0 Å². The normalized spacial score (nSPS) is 16.0. The minimum Gasteiger partial charge on any atom is -0.354 e. The molecule has 20 nitrogen and oxygen atoms in total. The topological polar surface area (TPSA) is 76.0 Å². The zero-order chi connectivity index (χ0) is 83.6. The van der Waals surface area contributed by atoms with Crippen LogP contribution in [0.15, 0.2) is 152 Å². The van der Waals surface area contributed by atoms with E-state index in [2.05, 4.69) is 280 Å². The van der Waals surface area contributed by atoms with Crippen LogP contribution in [-0.4, -0.2) is 66.1 Å². The molecule has 0 radical (unpaired) electrons. The van der Waals surface area contributed by atoms with Crippen molar-refractivity contribution < 1.29 is 0 Å². The van der Waals surface area contributed by atoms with Gasteiger partial charge in [-0.25, -0.2) is 0 Å². The average Bonchev–Trinajstić information content (AvgIpc) is 1.62. The highest BCUT2D eigenvalue weighted by atomic mass is 15.4. The molecule has 570 valence electrons. The van der Waals surface area contributed by atoms with Crippen molar-refractivity contribution in [2.24, 2.45) is 0 Å². The predicted molar refractivity (Wildman–Crippen MR) is 474 cm³/mol. The van der Waals surface area contributed by atoms with E-state index in [1.165, 1.54) is 61.3 Å². The molecule has 5 heterocycles. The van der Waals surface area contributed by atoms with Crippen LogP contribution in [0.4, 0.5) is 142 Å². The summed E-state index contributed by atoms with van der Waals surface area (Å²) < 4.78 is 0. The number of fused-ring (bicyclic) bond motifs is 5. The number of anilines is 15. The van der Waals surface area contributed by atoms with Gasteiger partial charge in [-0.3, -0.25) is 48.5 Å². The molecule has 0 N–H and O–H groups in total. The van der Waals surface area contributed by atoms with Gasteiger partial charge in [-0.1, -0.05) is 72.3 Å². The molecule has 0 saturated carbocycles. The molecule has 0 aromatic heterocycles. The maximum atomic E-state index is 7.38. The number of nitrogens with zero attached hydrogens (tertiary/aromatic N) is 20. The van der Waals surface area contributed by atoms with Gasteiger partial charge in [0.15, 0.2) is 56.9 Å². The Morgan fingerprint density at radius 2 is 0.443 bits per heavy atom. The minimum absolute atomic E-state index is 0.125. The van der Waals surface area contributed by atoms with Crippen LogP contribution in [0.2, 0.25) is 0 Å². The fraction of sp³-hybridized carbons (Fsp3) is 0.263. The summed E-state index contributed by atoms with van der Waals surface area (Å²) in [6.45, 7) is 105. The molecule has 5 aliphatic heterocycles. The highest BCUT2D eigenvalue weighted by molar-refractivity contribution is 5.98. The highest BCUT2D eigenvalue weighted by Crippen LogP contribution is 2.56. The fourth-order valence-electron chi connectivity index (χ4n) is 15.8. The van der Waals surface area contributed by atoms with Crippen molar-refractivity contribution in [1.82, 2.24) is 0 Å². The van der Waals surface area contributed by atoms with Gasteiger partial charge in [-0.2, -0.15) is 0 Å². The first-order chi connectivity index (χ1) is 54.9. The van der Waals surface area contributed by atoms with E-state index in [-0.39, 0.29) is 30.8 Å². The number of para-hydroxylation sites is 2. The Labute approximate surface area is 678 Å². The average molecular weight is 1510 g/mol. The predicted octanol–water partition coefficient (Wildman–Crippen LogP) is 26.7. The van der Waals surface area contributed by atoms with Crippen molar-refractivity contribution in [3.05, 3.63) is 321 Å².